The van der Waals surface area contributed by atoms with E-state index in [-0.39, 0.29) is 0 Å². The maximum absolute atomic E-state index is 6.78. The molecule has 0 atom stereocenters. The monoisotopic (exact) mass is 747 g/mol. The van der Waals surface area contributed by atoms with Crippen molar-refractivity contribution >= 4 is 75.4 Å². The molecule has 57 heavy (non-hydrogen) atoms. The van der Waals surface area contributed by atoms with Crippen LogP contribution >= 0.6 is 11.3 Å². The van der Waals surface area contributed by atoms with Crippen LogP contribution in [-0.4, -0.2) is 15.0 Å². The molecule has 4 aromatic heterocycles. The Morgan fingerprint density at radius 1 is 0.351 bits per heavy atom. The number of thiophene rings is 1. The van der Waals surface area contributed by atoms with Crippen LogP contribution in [-0.2, 0) is 0 Å². The third-order valence-corrected chi connectivity index (χ3v) is 12.2. The molecule has 0 saturated heterocycles. The molecule has 0 amide bonds. The maximum atomic E-state index is 6.78. The minimum Gasteiger partial charge on any atom is -0.455 e. The number of para-hydroxylation sites is 3. The van der Waals surface area contributed by atoms with E-state index in [1.807, 2.05) is 78.9 Å². The molecule has 0 fully saturated rings. The smallest absolute Gasteiger partial charge is 0.164 e. The Morgan fingerprint density at radius 2 is 0.895 bits per heavy atom. The minimum absolute atomic E-state index is 0.643. The predicted octanol–water partition coefficient (Wildman–Crippen LogP) is 14.4. The molecule has 8 aromatic carbocycles. The van der Waals surface area contributed by atoms with Gasteiger partial charge in [0.15, 0.2) is 17.5 Å². The Hall–Kier alpha value is -7.41. The standard InChI is InChI=1S/C51H29N3O2S/c1-3-13-30(14-4-1)49-52-50(31-15-5-2-6-16-31)54-51(53-49)32-25-26-34-39-21-12-22-40(48(39)57-44(34)29-32)35-27-28-38(47-45(35)41-18-8-10-24-43(41)56-47)37-20-11-19-36-33-17-7-9-23-42(33)55-46(36)37/h1-29H. The first-order valence-electron chi connectivity index (χ1n) is 18.9. The topological polar surface area (TPSA) is 65.0 Å². The second-order valence-corrected chi connectivity index (χ2v) is 15.3. The average molecular weight is 748 g/mol. The van der Waals surface area contributed by atoms with E-state index in [1.54, 1.807) is 11.3 Å². The van der Waals surface area contributed by atoms with E-state index in [1.165, 1.54) is 20.2 Å². The number of hydrogen-bond donors (Lipinski definition) is 0. The fourth-order valence-corrected chi connectivity index (χ4v) is 9.58. The lowest BCUT2D eigenvalue weighted by Crippen LogP contribution is -1.99. The van der Waals surface area contributed by atoms with Crippen LogP contribution in [0.4, 0.5) is 0 Å². The van der Waals surface area contributed by atoms with Gasteiger partial charge in [0, 0.05) is 75.1 Å². The van der Waals surface area contributed by atoms with E-state index in [0.29, 0.717) is 17.5 Å². The Labute approximate surface area is 330 Å². The summed E-state index contributed by atoms with van der Waals surface area (Å²) >= 11 is 1.80. The van der Waals surface area contributed by atoms with Crippen LogP contribution in [0.25, 0.3) is 120 Å². The number of benzene rings is 8. The number of aromatic nitrogens is 3. The molecule has 0 unspecified atom stereocenters. The summed E-state index contributed by atoms with van der Waals surface area (Å²) in [6, 6.07) is 60.8. The summed E-state index contributed by atoms with van der Waals surface area (Å²) in [6.45, 7) is 0. The number of hydrogen-bond acceptors (Lipinski definition) is 6. The van der Waals surface area contributed by atoms with Crippen LogP contribution in [0.1, 0.15) is 0 Å². The zero-order valence-corrected chi connectivity index (χ0v) is 31.1. The van der Waals surface area contributed by atoms with Crippen LogP contribution in [0.5, 0.6) is 0 Å². The Kier molecular flexibility index (Phi) is 7.03. The van der Waals surface area contributed by atoms with Crippen molar-refractivity contribution in [1.29, 1.82) is 0 Å². The van der Waals surface area contributed by atoms with Crippen molar-refractivity contribution in [3.63, 3.8) is 0 Å². The van der Waals surface area contributed by atoms with Gasteiger partial charge in [0.2, 0.25) is 0 Å². The molecule has 0 radical (unpaired) electrons. The van der Waals surface area contributed by atoms with Gasteiger partial charge < -0.3 is 8.83 Å². The number of nitrogens with zero attached hydrogens (tertiary/aromatic N) is 3. The number of rotatable bonds is 5. The van der Waals surface area contributed by atoms with Crippen LogP contribution in [0.15, 0.2) is 185 Å². The lowest BCUT2D eigenvalue weighted by Gasteiger charge is -2.10. The molecule has 0 saturated carbocycles. The molecule has 6 heteroatoms. The SMILES string of the molecule is c1ccc(-c2nc(-c3ccccc3)nc(-c3ccc4c(c3)sc3c(-c5ccc(-c6cccc7c6oc6ccccc67)c6oc7ccccc7c56)cccc34)n2)cc1. The van der Waals surface area contributed by atoms with Crippen molar-refractivity contribution in [3.8, 4) is 56.4 Å². The fraction of sp³-hybridized carbons (Fsp3) is 0. The van der Waals surface area contributed by atoms with E-state index in [2.05, 4.69) is 97.1 Å². The van der Waals surface area contributed by atoms with Gasteiger partial charge in [-0.25, -0.2) is 15.0 Å². The first-order chi connectivity index (χ1) is 28.2. The molecule has 0 bridgehead atoms. The summed E-state index contributed by atoms with van der Waals surface area (Å²) in [7, 11) is 0. The van der Waals surface area contributed by atoms with Gasteiger partial charge in [0.05, 0.1) is 0 Å². The van der Waals surface area contributed by atoms with Crippen LogP contribution in [0.3, 0.4) is 0 Å². The third-order valence-electron chi connectivity index (χ3n) is 11.0. The number of fused-ring (bicyclic) bond motifs is 9. The average Bonchev–Trinajstić information content (AvgIpc) is 3.98. The highest BCUT2D eigenvalue weighted by molar-refractivity contribution is 7.26. The molecular formula is C51H29N3O2S. The molecule has 0 N–H and O–H groups in total. The molecule has 5 nitrogen and oxygen atoms in total. The van der Waals surface area contributed by atoms with E-state index in [4.69, 9.17) is 23.8 Å². The molecule has 0 aliphatic heterocycles. The summed E-state index contributed by atoms with van der Waals surface area (Å²) in [5.74, 6) is 1.94. The van der Waals surface area contributed by atoms with Gasteiger partial charge in [0.25, 0.3) is 0 Å². The van der Waals surface area contributed by atoms with Crippen LogP contribution in [0.2, 0.25) is 0 Å². The van der Waals surface area contributed by atoms with Gasteiger partial charge in [-0.15, -0.1) is 11.3 Å². The summed E-state index contributed by atoms with van der Waals surface area (Å²) in [6.07, 6.45) is 0. The van der Waals surface area contributed by atoms with Crippen molar-refractivity contribution in [2.45, 2.75) is 0 Å². The maximum Gasteiger partial charge on any atom is 0.164 e. The van der Waals surface area contributed by atoms with Gasteiger partial charge in [-0.2, -0.15) is 0 Å². The molecule has 0 aliphatic rings. The first kappa shape index (κ1) is 31.9. The molecule has 0 spiro atoms. The second-order valence-electron chi connectivity index (χ2n) is 14.3. The minimum atomic E-state index is 0.643. The lowest BCUT2D eigenvalue weighted by molar-refractivity contribution is 0.665. The van der Waals surface area contributed by atoms with Crippen molar-refractivity contribution in [1.82, 2.24) is 15.0 Å². The zero-order valence-electron chi connectivity index (χ0n) is 30.3. The van der Waals surface area contributed by atoms with Gasteiger partial charge >= 0.3 is 0 Å². The zero-order chi connectivity index (χ0) is 37.5. The molecule has 12 aromatic rings. The van der Waals surface area contributed by atoms with Gasteiger partial charge in [-0.05, 0) is 29.8 Å². The summed E-state index contributed by atoms with van der Waals surface area (Å²) in [4.78, 5) is 14.9. The highest BCUT2D eigenvalue weighted by Gasteiger charge is 2.22. The van der Waals surface area contributed by atoms with Crippen molar-refractivity contribution in [3.05, 3.63) is 176 Å². The number of furan rings is 2. The van der Waals surface area contributed by atoms with Crippen molar-refractivity contribution in [2.24, 2.45) is 0 Å². The van der Waals surface area contributed by atoms with Crippen molar-refractivity contribution in [2.75, 3.05) is 0 Å². The Morgan fingerprint density at radius 3 is 1.63 bits per heavy atom. The fourth-order valence-electron chi connectivity index (χ4n) is 8.31. The third kappa shape index (κ3) is 5.04. The Balaban J connectivity index is 1.04. The second kappa shape index (κ2) is 12.6. The largest absolute Gasteiger partial charge is 0.455 e. The molecule has 4 heterocycles. The van der Waals surface area contributed by atoms with E-state index in [0.717, 1.165) is 82.8 Å². The van der Waals surface area contributed by atoms with E-state index < -0.39 is 0 Å². The molecular weight excluding hydrogens is 719 g/mol. The van der Waals surface area contributed by atoms with Crippen LogP contribution < -0.4 is 0 Å². The van der Waals surface area contributed by atoms with E-state index >= 15 is 0 Å². The highest BCUT2D eigenvalue weighted by Crippen LogP contribution is 2.48. The normalized spacial score (nSPS) is 11.9. The molecule has 12 rings (SSSR count). The lowest BCUT2D eigenvalue weighted by atomic mass is 9.93. The predicted molar refractivity (Wildman–Crippen MR) is 234 cm³/mol. The van der Waals surface area contributed by atoms with Gasteiger partial charge in [0.1, 0.15) is 22.3 Å². The molecule has 266 valence electrons. The first-order valence-corrected chi connectivity index (χ1v) is 19.7. The van der Waals surface area contributed by atoms with Crippen molar-refractivity contribution < 1.29 is 8.83 Å². The quantitative estimate of drug-likeness (QED) is 0.175. The molecule has 0 aliphatic carbocycles. The Bertz CT molecular complexity index is 3470. The van der Waals surface area contributed by atoms with Gasteiger partial charge in [-0.1, -0.05) is 152 Å². The summed E-state index contributed by atoms with van der Waals surface area (Å²) in [5.41, 5.74) is 10.6. The van der Waals surface area contributed by atoms with Crippen LogP contribution in [0, 0.1) is 0 Å². The summed E-state index contributed by atoms with van der Waals surface area (Å²) < 4.78 is 15.7. The van der Waals surface area contributed by atoms with E-state index in [9.17, 15) is 0 Å². The van der Waals surface area contributed by atoms with Gasteiger partial charge in [-0.3, -0.25) is 0 Å². The summed E-state index contributed by atoms with van der Waals surface area (Å²) in [5, 5.41) is 6.78. The highest BCUT2D eigenvalue weighted by atomic mass is 32.1.